The second-order valence-corrected chi connectivity index (χ2v) is 7.57. The Hall–Kier alpha value is -2.47. The molecule has 2 aromatic rings. The number of nitrogens with one attached hydrogen (secondary N) is 2. The third-order valence-electron chi connectivity index (χ3n) is 5.32. The summed E-state index contributed by atoms with van der Waals surface area (Å²) >= 11 is 0. The fourth-order valence-electron chi connectivity index (χ4n) is 3.35. The van der Waals surface area contributed by atoms with Crippen molar-refractivity contribution in [3.05, 3.63) is 47.8 Å². The summed E-state index contributed by atoms with van der Waals surface area (Å²) in [6.45, 7) is 4.98. The highest BCUT2D eigenvalue weighted by atomic mass is 16.2. The Balaban J connectivity index is 1.28. The van der Waals surface area contributed by atoms with E-state index in [-0.39, 0.29) is 17.9 Å². The van der Waals surface area contributed by atoms with Gasteiger partial charge in [0.05, 0.1) is 0 Å². The van der Waals surface area contributed by atoms with Crippen LogP contribution in [0.4, 0.5) is 11.6 Å². The molecule has 6 heteroatoms. The summed E-state index contributed by atoms with van der Waals surface area (Å²) in [4.78, 5) is 23.1. The number of anilines is 2. The first kappa shape index (κ1) is 17.9. The van der Waals surface area contributed by atoms with Gasteiger partial charge < -0.3 is 15.5 Å². The van der Waals surface area contributed by atoms with Crippen molar-refractivity contribution in [2.24, 2.45) is 5.92 Å². The van der Waals surface area contributed by atoms with Crippen LogP contribution in [-0.2, 0) is 11.3 Å². The maximum atomic E-state index is 11.8. The molecule has 0 bridgehead atoms. The van der Waals surface area contributed by atoms with Gasteiger partial charge in [-0.05, 0) is 50.3 Å². The standard InChI is InChI=1S/C21H27N5O/c1-15(17-6-8-19(9-7-17)25-20(27)18-4-5-18)22-12-16-13-23-21(24-14-16)26-10-2-3-11-26/h6-9,13-15,18,22H,2-5,10-12H2,1H3,(H,25,27). The van der Waals surface area contributed by atoms with E-state index in [1.54, 1.807) is 0 Å². The van der Waals surface area contributed by atoms with Gasteiger partial charge in [-0.2, -0.15) is 0 Å². The van der Waals surface area contributed by atoms with Gasteiger partial charge in [0.2, 0.25) is 11.9 Å². The molecule has 2 heterocycles. The number of carbonyl (C=O) groups excluding carboxylic acids is 1. The fraction of sp³-hybridized carbons (Fsp3) is 0.476. The third kappa shape index (κ3) is 4.63. The van der Waals surface area contributed by atoms with E-state index in [2.05, 4.69) is 44.6 Å². The first-order valence-electron chi connectivity index (χ1n) is 9.89. The molecule has 1 aromatic carbocycles. The zero-order chi connectivity index (χ0) is 18.6. The molecule has 0 spiro atoms. The van der Waals surface area contributed by atoms with Crippen LogP contribution in [0.2, 0.25) is 0 Å². The minimum atomic E-state index is 0.145. The van der Waals surface area contributed by atoms with Crippen molar-refractivity contribution >= 4 is 17.5 Å². The van der Waals surface area contributed by atoms with Crippen LogP contribution in [-0.4, -0.2) is 29.0 Å². The summed E-state index contributed by atoms with van der Waals surface area (Å²) in [7, 11) is 0. The molecule has 1 aromatic heterocycles. The fourth-order valence-corrected chi connectivity index (χ4v) is 3.35. The van der Waals surface area contributed by atoms with Gasteiger partial charge in [0, 0.05) is 55.2 Å². The van der Waals surface area contributed by atoms with Crippen LogP contribution in [0.25, 0.3) is 0 Å². The summed E-state index contributed by atoms with van der Waals surface area (Å²) in [5.41, 5.74) is 3.14. The average molecular weight is 365 g/mol. The molecule has 1 aliphatic carbocycles. The number of aromatic nitrogens is 2. The topological polar surface area (TPSA) is 70.2 Å². The second kappa shape index (κ2) is 8.05. The van der Waals surface area contributed by atoms with Crippen molar-refractivity contribution in [1.29, 1.82) is 0 Å². The van der Waals surface area contributed by atoms with Crippen LogP contribution in [0.3, 0.4) is 0 Å². The SMILES string of the molecule is CC(NCc1cnc(N2CCCC2)nc1)c1ccc(NC(=O)C2CC2)cc1. The maximum Gasteiger partial charge on any atom is 0.227 e. The molecule has 142 valence electrons. The first-order chi connectivity index (χ1) is 13.2. The Morgan fingerprint density at radius 1 is 1.15 bits per heavy atom. The molecule has 6 nitrogen and oxygen atoms in total. The summed E-state index contributed by atoms with van der Waals surface area (Å²) in [6.07, 6.45) is 8.33. The highest BCUT2D eigenvalue weighted by Gasteiger charge is 2.29. The monoisotopic (exact) mass is 365 g/mol. The van der Waals surface area contributed by atoms with Crippen molar-refractivity contribution in [1.82, 2.24) is 15.3 Å². The van der Waals surface area contributed by atoms with Crippen LogP contribution in [0.15, 0.2) is 36.7 Å². The molecule has 1 saturated carbocycles. The molecule has 2 fully saturated rings. The number of amides is 1. The smallest absolute Gasteiger partial charge is 0.227 e. The minimum Gasteiger partial charge on any atom is -0.341 e. The minimum absolute atomic E-state index is 0.145. The molecular weight excluding hydrogens is 338 g/mol. The van der Waals surface area contributed by atoms with E-state index in [0.717, 1.165) is 49.7 Å². The second-order valence-electron chi connectivity index (χ2n) is 7.57. The molecule has 1 unspecified atom stereocenters. The van der Waals surface area contributed by atoms with Crippen molar-refractivity contribution < 1.29 is 4.79 Å². The van der Waals surface area contributed by atoms with E-state index < -0.39 is 0 Å². The van der Waals surface area contributed by atoms with Gasteiger partial charge in [-0.25, -0.2) is 9.97 Å². The molecule has 1 aliphatic heterocycles. The van der Waals surface area contributed by atoms with Crippen molar-refractivity contribution in [2.45, 2.75) is 45.2 Å². The van der Waals surface area contributed by atoms with Crippen molar-refractivity contribution in [3.8, 4) is 0 Å². The predicted molar refractivity (Wildman–Crippen MR) is 107 cm³/mol. The Morgan fingerprint density at radius 3 is 2.44 bits per heavy atom. The zero-order valence-corrected chi connectivity index (χ0v) is 15.8. The third-order valence-corrected chi connectivity index (χ3v) is 5.32. The number of hydrogen-bond acceptors (Lipinski definition) is 5. The molecule has 1 saturated heterocycles. The normalized spacial score (nSPS) is 17.7. The molecule has 1 amide bonds. The van der Waals surface area contributed by atoms with Gasteiger partial charge in [-0.15, -0.1) is 0 Å². The maximum absolute atomic E-state index is 11.8. The number of benzene rings is 1. The number of nitrogens with zero attached hydrogens (tertiary/aromatic N) is 3. The van der Waals surface area contributed by atoms with Crippen LogP contribution >= 0.6 is 0 Å². The van der Waals surface area contributed by atoms with Gasteiger partial charge in [0.15, 0.2) is 0 Å². The lowest BCUT2D eigenvalue weighted by Gasteiger charge is -2.16. The van der Waals surface area contributed by atoms with Crippen molar-refractivity contribution in [2.75, 3.05) is 23.3 Å². The lowest BCUT2D eigenvalue weighted by Crippen LogP contribution is -2.21. The summed E-state index contributed by atoms with van der Waals surface area (Å²) < 4.78 is 0. The molecule has 0 radical (unpaired) electrons. The molecular formula is C21H27N5O. The van der Waals surface area contributed by atoms with Gasteiger partial charge in [-0.3, -0.25) is 4.79 Å². The first-order valence-corrected chi connectivity index (χ1v) is 9.89. The predicted octanol–water partition coefficient (Wildman–Crippen LogP) is 3.28. The van der Waals surface area contributed by atoms with E-state index in [4.69, 9.17) is 0 Å². The summed E-state index contributed by atoms with van der Waals surface area (Å²) in [5.74, 6) is 1.21. The molecule has 27 heavy (non-hydrogen) atoms. The van der Waals surface area contributed by atoms with E-state index in [0.29, 0.717) is 0 Å². The Kier molecular flexibility index (Phi) is 5.34. The Bertz CT molecular complexity index is 764. The molecule has 2 aliphatic rings. The lowest BCUT2D eigenvalue weighted by atomic mass is 10.1. The summed E-state index contributed by atoms with van der Waals surface area (Å²) in [5, 5.41) is 6.49. The van der Waals surface area contributed by atoms with E-state index in [1.165, 1.54) is 18.4 Å². The van der Waals surface area contributed by atoms with E-state index in [9.17, 15) is 4.79 Å². The van der Waals surface area contributed by atoms with Gasteiger partial charge in [-0.1, -0.05) is 12.1 Å². The van der Waals surface area contributed by atoms with Gasteiger partial charge in [0.1, 0.15) is 0 Å². The largest absolute Gasteiger partial charge is 0.341 e. The number of rotatable bonds is 7. The van der Waals surface area contributed by atoms with Crippen LogP contribution < -0.4 is 15.5 Å². The number of hydrogen-bond donors (Lipinski definition) is 2. The molecule has 1 atom stereocenters. The Morgan fingerprint density at radius 2 is 1.81 bits per heavy atom. The van der Waals surface area contributed by atoms with E-state index >= 15 is 0 Å². The van der Waals surface area contributed by atoms with Gasteiger partial charge >= 0.3 is 0 Å². The summed E-state index contributed by atoms with van der Waals surface area (Å²) in [6, 6.07) is 8.28. The highest BCUT2D eigenvalue weighted by molar-refractivity contribution is 5.94. The number of carbonyl (C=O) groups is 1. The van der Waals surface area contributed by atoms with E-state index in [1.807, 2.05) is 24.5 Å². The van der Waals surface area contributed by atoms with Crippen molar-refractivity contribution in [3.63, 3.8) is 0 Å². The van der Waals surface area contributed by atoms with Crippen LogP contribution in [0.1, 0.15) is 49.8 Å². The quantitative estimate of drug-likeness (QED) is 0.788. The van der Waals surface area contributed by atoms with Crippen LogP contribution in [0.5, 0.6) is 0 Å². The molecule has 2 N–H and O–H groups in total. The van der Waals surface area contributed by atoms with Gasteiger partial charge in [0.25, 0.3) is 0 Å². The average Bonchev–Trinajstić information content (AvgIpc) is 3.42. The highest BCUT2D eigenvalue weighted by Crippen LogP contribution is 2.30. The van der Waals surface area contributed by atoms with Crippen LogP contribution in [0, 0.1) is 5.92 Å². The Labute approximate surface area is 160 Å². The lowest BCUT2D eigenvalue weighted by molar-refractivity contribution is -0.117. The zero-order valence-electron chi connectivity index (χ0n) is 15.8. The molecule has 4 rings (SSSR count).